The number of halogens is 2. The molecule has 3 aromatic rings. The van der Waals surface area contributed by atoms with Crippen LogP contribution in [0.1, 0.15) is 31.8 Å². The van der Waals surface area contributed by atoms with E-state index < -0.39 is 17.5 Å². The molecule has 1 amide bonds. The third-order valence-corrected chi connectivity index (χ3v) is 5.39. The third-order valence-electron chi connectivity index (χ3n) is 5.17. The van der Waals surface area contributed by atoms with Crippen molar-refractivity contribution < 1.29 is 14.0 Å². The van der Waals surface area contributed by atoms with Gasteiger partial charge in [-0.25, -0.2) is 9.37 Å². The third kappa shape index (κ3) is 4.68. The topological polar surface area (TPSA) is 74.7 Å². The molecule has 1 aliphatic rings. The Kier molecular flexibility index (Phi) is 6.28. The molecule has 6 nitrogen and oxygen atoms in total. The van der Waals surface area contributed by atoms with E-state index in [0.717, 1.165) is 6.54 Å². The van der Waals surface area contributed by atoms with Crippen LogP contribution in [0.2, 0.25) is 5.02 Å². The quantitative estimate of drug-likeness (QED) is 0.570. The van der Waals surface area contributed by atoms with Crippen molar-refractivity contribution in [2.24, 2.45) is 4.99 Å². The molecule has 32 heavy (non-hydrogen) atoms. The molecule has 2 aromatic carbocycles. The lowest BCUT2D eigenvalue weighted by Gasteiger charge is -2.14. The van der Waals surface area contributed by atoms with Gasteiger partial charge < -0.3 is 10.2 Å². The Labute approximate surface area is 189 Å². The molecule has 0 saturated heterocycles. The summed E-state index contributed by atoms with van der Waals surface area (Å²) >= 11 is 5.82. The number of hydrogen-bond acceptors (Lipinski definition) is 5. The molecule has 0 unspecified atom stereocenters. The molecule has 4 rings (SSSR count). The summed E-state index contributed by atoms with van der Waals surface area (Å²) in [6, 6.07) is 14.4. The number of nitrogens with zero attached hydrogens (tertiary/aromatic N) is 3. The van der Waals surface area contributed by atoms with Gasteiger partial charge in [-0.2, -0.15) is 0 Å². The van der Waals surface area contributed by atoms with Gasteiger partial charge in [-0.05, 0) is 35.9 Å². The van der Waals surface area contributed by atoms with Gasteiger partial charge in [0, 0.05) is 37.3 Å². The molecule has 0 radical (unpaired) electrons. The van der Waals surface area contributed by atoms with Crippen LogP contribution >= 0.6 is 11.6 Å². The molecule has 1 N–H and O–H groups in total. The van der Waals surface area contributed by atoms with Crippen molar-refractivity contribution in [3.63, 3.8) is 0 Å². The second-order valence-electron chi connectivity index (χ2n) is 7.39. The molecule has 162 valence electrons. The van der Waals surface area contributed by atoms with E-state index in [9.17, 15) is 14.0 Å². The maximum absolute atomic E-state index is 14.8. The van der Waals surface area contributed by atoms with Crippen molar-refractivity contribution in [3.8, 4) is 0 Å². The minimum absolute atomic E-state index is 0.0235. The standard InChI is InChI=1S/C24H20ClFN4O2/c1-30-11-10-27-23(30)16-6-8-19(20(26)12-16)21(31)13-15-4-2-3-5-18(15)24(32)29-22-9-7-17(25)14-28-22/h2-9,12,14H,10-11,13H2,1H3,(H,28,29,32). The van der Waals surface area contributed by atoms with Crippen molar-refractivity contribution in [2.75, 3.05) is 25.5 Å². The molecule has 1 aliphatic heterocycles. The summed E-state index contributed by atoms with van der Waals surface area (Å²) in [5.74, 6) is -0.396. The Morgan fingerprint density at radius 3 is 2.62 bits per heavy atom. The first-order valence-electron chi connectivity index (χ1n) is 10.0. The van der Waals surface area contributed by atoms with Crippen LogP contribution in [0, 0.1) is 5.82 Å². The van der Waals surface area contributed by atoms with Crippen LogP contribution in [-0.4, -0.2) is 47.5 Å². The Morgan fingerprint density at radius 1 is 1.12 bits per heavy atom. The number of carbonyl (C=O) groups is 2. The van der Waals surface area contributed by atoms with Crippen LogP contribution in [0.3, 0.4) is 0 Å². The van der Waals surface area contributed by atoms with E-state index in [0.29, 0.717) is 39.9 Å². The fraction of sp³-hybridized carbons (Fsp3) is 0.167. The Hall–Kier alpha value is -3.58. The number of amides is 1. The highest BCUT2D eigenvalue weighted by molar-refractivity contribution is 6.30. The summed E-state index contributed by atoms with van der Waals surface area (Å²) in [6.45, 7) is 1.44. The number of benzene rings is 2. The highest BCUT2D eigenvalue weighted by Gasteiger charge is 2.20. The number of aliphatic imine (C=N–C) groups is 1. The van der Waals surface area contributed by atoms with Gasteiger partial charge in [-0.3, -0.25) is 14.6 Å². The molecule has 0 atom stereocenters. The summed E-state index contributed by atoms with van der Waals surface area (Å²) in [5, 5.41) is 3.13. The first kappa shape index (κ1) is 21.6. The average Bonchev–Trinajstić information content (AvgIpc) is 3.21. The van der Waals surface area contributed by atoms with Crippen LogP contribution in [-0.2, 0) is 6.42 Å². The number of carbonyl (C=O) groups excluding carboxylic acids is 2. The number of nitrogens with one attached hydrogen (secondary N) is 1. The summed E-state index contributed by atoms with van der Waals surface area (Å²) in [5.41, 5.74) is 1.42. The number of amidine groups is 1. The van der Waals surface area contributed by atoms with Gasteiger partial charge in [0.2, 0.25) is 0 Å². The van der Waals surface area contributed by atoms with Crippen molar-refractivity contribution >= 4 is 34.9 Å². The lowest BCUT2D eigenvalue weighted by Crippen LogP contribution is -2.23. The van der Waals surface area contributed by atoms with Crippen molar-refractivity contribution in [1.82, 2.24) is 9.88 Å². The van der Waals surface area contributed by atoms with E-state index in [2.05, 4.69) is 15.3 Å². The van der Waals surface area contributed by atoms with E-state index in [-0.39, 0.29) is 12.0 Å². The number of aromatic nitrogens is 1. The van der Waals surface area contributed by atoms with E-state index in [1.807, 2.05) is 11.9 Å². The van der Waals surface area contributed by atoms with Crippen molar-refractivity contribution in [1.29, 1.82) is 0 Å². The molecule has 8 heteroatoms. The van der Waals surface area contributed by atoms with Crippen LogP contribution in [0.15, 0.2) is 65.8 Å². The molecule has 0 saturated carbocycles. The Balaban J connectivity index is 1.52. The molecular formula is C24H20ClFN4O2. The van der Waals surface area contributed by atoms with Gasteiger partial charge in [0.25, 0.3) is 5.91 Å². The molecule has 1 aromatic heterocycles. The fourth-order valence-corrected chi connectivity index (χ4v) is 3.63. The van der Waals surface area contributed by atoms with Gasteiger partial charge in [0.05, 0.1) is 17.1 Å². The number of rotatable bonds is 6. The lowest BCUT2D eigenvalue weighted by atomic mass is 9.97. The second-order valence-corrected chi connectivity index (χ2v) is 7.83. The van der Waals surface area contributed by atoms with Gasteiger partial charge in [0.15, 0.2) is 5.78 Å². The summed E-state index contributed by atoms with van der Waals surface area (Å²) < 4.78 is 14.8. The van der Waals surface area contributed by atoms with Crippen LogP contribution in [0.25, 0.3) is 0 Å². The predicted molar refractivity (Wildman–Crippen MR) is 122 cm³/mol. The second kappa shape index (κ2) is 9.28. The molecule has 0 spiro atoms. The molecule has 0 bridgehead atoms. The van der Waals surface area contributed by atoms with Crippen molar-refractivity contribution in [3.05, 3.63) is 93.9 Å². The van der Waals surface area contributed by atoms with Gasteiger partial charge in [-0.15, -0.1) is 0 Å². The largest absolute Gasteiger partial charge is 0.358 e. The summed E-state index contributed by atoms with van der Waals surface area (Å²) in [6.07, 6.45) is 1.31. The van der Waals surface area contributed by atoms with Gasteiger partial charge >= 0.3 is 0 Å². The molecule has 0 fully saturated rings. The first-order chi connectivity index (χ1) is 15.4. The van der Waals surface area contributed by atoms with E-state index >= 15 is 0 Å². The normalized spacial score (nSPS) is 13.1. The lowest BCUT2D eigenvalue weighted by molar-refractivity contribution is 0.0988. The van der Waals surface area contributed by atoms with E-state index in [1.165, 1.54) is 18.3 Å². The molecular weight excluding hydrogens is 431 g/mol. The summed E-state index contributed by atoms with van der Waals surface area (Å²) in [4.78, 5) is 36.0. The van der Waals surface area contributed by atoms with E-state index in [4.69, 9.17) is 11.6 Å². The minimum Gasteiger partial charge on any atom is -0.358 e. The number of likely N-dealkylation sites (N-methyl/N-ethyl adjacent to an activating group) is 1. The summed E-state index contributed by atoms with van der Waals surface area (Å²) in [7, 11) is 1.89. The van der Waals surface area contributed by atoms with Gasteiger partial charge in [0.1, 0.15) is 17.5 Å². The SMILES string of the molecule is CN1CCN=C1c1ccc(C(=O)Cc2ccccc2C(=O)Nc2ccc(Cl)cn2)c(F)c1. The number of hydrogen-bond donors (Lipinski definition) is 1. The Morgan fingerprint density at radius 2 is 1.94 bits per heavy atom. The van der Waals surface area contributed by atoms with E-state index in [1.54, 1.807) is 42.5 Å². The fourth-order valence-electron chi connectivity index (χ4n) is 3.52. The molecule has 0 aliphatic carbocycles. The average molecular weight is 451 g/mol. The zero-order valence-electron chi connectivity index (χ0n) is 17.3. The first-order valence-corrected chi connectivity index (χ1v) is 10.4. The smallest absolute Gasteiger partial charge is 0.257 e. The monoisotopic (exact) mass is 450 g/mol. The minimum atomic E-state index is -0.609. The van der Waals surface area contributed by atoms with Crippen LogP contribution in [0.5, 0.6) is 0 Å². The highest BCUT2D eigenvalue weighted by Crippen LogP contribution is 2.19. The maximum Gasteiger partial charge on any atom is 0.257 e. The van der Waals surface area contributed by atoms with Gasteiger partial charge in [-0.1, -0.05) is 35.9 Å². The zero-order chi connectivity index (χ0) is 22.7. The predicted octanol–water partition coefficient (Wildman–Crippen LogP) is 4.24. The van der Waals surface area contributed by atoms with Crippen LogP contribution < -0.4 is 5.32 Å². The van der Waals surface area contributed by atoms with Crippen molar-refractivity contribution in [2.45, 2.75) is 6.42 Å². The number of Topliss-reactive ketones (excluding diaryl/α,β-unsaturated/α-hetero) is 1. The number of anilines is 1. The number of ketones is 1. The van der Waals surface area contributed by atoms with Crippen LogP contribution in [0.4, 0.5) is 10.2 Å². The molecule has 2 heterocycles. The zero-order valence-corrected chi connectivity index (χ0v) is 18.1. The Bertz CT molecular complexity index is 1210. The maximum atomic E-state index is 14.8. The number of pyridine rings is 1. The highest BCUT2D eigenvalue weighted by atomic mass is 35.5.